The van der Waals surface area contributed by atoms with Gasteiger partial charge in [0.15, 0.2) is 5.82 Å². The summed E-state index contributed by atoms with van der Waals surface area (Å²) in [5.74, 6) is 1.36. The number of anilines is 1. The maximum absolute atomic E-state index is 6.26. The second-order valence-electron chi connectivity index (χ2n) is 4.16. The highest BCUT2D eigenvalue weighted by molar-refractivity contribution is 9.10. The molecule has 0 aliphatic heterocycles. The fourth-order valence-corrected chi connectivity index (χ4v) is 2.54. The third kappa shape index (κ3) is 3.69. The summed E-state index contributed by atoms with van der Waals surface area (Å²) >= 11 is 9.65. The molecule has 20 heavy (non-hydrogen) atoms. The molecule has 0 amide bonds. The normalized spacial score (nSPS) is 10.6. The molecule has 6 heteroatoms. The molecule has 1 heterocycles. The first-order valence-electron chi connectivity index (χ1n) is 6.20. The first-order chi connectivity index (χ1) is 9.63. The molecule has 106 valence electrons. The number of ether oxygens (including phenoxy) is 1. The molecule has 0 saturated heterocycles. The number of hydrogen-bond acceptors (Lipinski definition) is 4. The molecule has 0 unspecified atom stereocenters. The molecule has 0 radical (unpaired) electrons. The molecule has 0 spiro atoms. The van der Waals surface area contributed by atoms with Gasteiger partial charge in [-0.3, -0.25) is 0 Å². The van der Waals surface area contributed by atoms with Crippen LogP contribution in [0.5, 0.6) is 0 Å². The maximum atomic E-state index is 6.26. The Hall–Kier alpha value is -1.17. The number of methoxy groups -OCH3 is 1. The Morgan fingerprint density at radius 3 is 2.75 bits per heavy atom. The van der Waals surface area contributed by atoms with Crippen molar-refractivity contribution in [2.45, 2.75) is 13.5 Å². The van der Waals surface area contributed by atoms with E-state index in [1.807, 2.05) is 31.2 Å². The van der Waals surface area contributed by atoms with Crippen LogP contribution in [0, 0.1) is 0 Å². The number of halogens is 2. The molecule has 1 N–H and O–H groups in total. The summed E-state index contributed by atoms with van der Waals surface area (Å²) in [6.07, 6.45) is 0. The van der Waals surface area contributed by atoms with Crippen LogP contribution in [0.4, 0.5) is 5.82 Å². The van der Waals surface area contributed by atoms with E-state index < -0.39 is 0 Å². The van der Waals surface area contributed by atoms with Gasteiger partial charge in [0, 0.05) is 29.8 Å². The molecule has 1 aromatic carbocycles. The summed E-state index contributed by atoms with van der Waals surface area (Å²) in [6.45, 7) is 3.24. The average molecular weight is 357 g/mol. The van der Waals surface area contributed by atoms with Crippen LogP contribution in [-0.4, -0.2) is 23.6 Å². The second-order valence-corrected chi connectivity index (χ2v) is 5.48. The van der Waals surface area contributed by atoms with Gasteiger partial charge >= 0.3 is 0 Å². The van der Waals surface area contributed by atoms with Gasteiger partial charge in [0.25, 0.3) is 0 Å². The smallest absolute Gasteiger partial charge is 0.163 e. The molecular weight excluding hydrogens is 342 g/mol. The van der Waals surface area contributed by atoms with Crippen molar-refractivity contribution >= 4 is 33.3 Å². The molecular formula is C14H15BrClN3O. The van der Waals surface area contributed by atoms with Gasteiger partial charge in [0.1, 0.15) is 5.82 Å². The van der Waals surface area contributed by atoms with Gasteiger partial charge in [0.2, 0.25) is 0 Å². The minimum atomic E-state index is 0.433. The Morgan fingerprint density at radius 2 is 2.10 bits per heavy atom. The van der Waals surface area contributed by atoms with Crippen molar-refractivity contribution in [3.05, 3.63) is 39.5 Å². The largest absolute Gasteiger partial charge is 0.378 e. The fourth-order valence-electron chi connectivity index (χ4n) is 1.78. The lowest BCUT2D eigenvalue weighted by atomic mass is 10.2. The average Bonchev–Trinajstić information content (AvgIpc) is 2.39. The van der Waals surface area contributed by atoms with E-state index in [2.05, 4.69) is 31.2 Å². The number of benzene rings is 1. The molecule has 0 aliphatic rings. The van der Waals surface area contributed by atoms with E-state index >= 15 is 0 Å². The van der Waals surface area contributed by atoms with Gasteiger partial charge in [-0.2, -0.15) is 0 Å². The number of aromatic nitrogens is 2. The number of nitrogens with one attached hydrogen (secondary N) is 1. The van der Waals surface area contributed by atoms with Crippen molar-refractivity contribution in [2.75, 3.05) is 19.0 Å². The van der Waals surface area contributed by atoms with Gasteiger partial charge in [-0.15, -0.1) is 0 Å². The van der Waals surface area contributed by atoms with E-state index in [0.717, 1.165) is 28.1 Å². The minimum Gasteiger partial charge on any atom is -0.378 e. The number of nitrogens with zero attached hydrogens (tertiary/aromatic N) is 2. The van der Waals surface area contributed by atoms with Gasteiger partial charge < -0.3 is 10.1 Å². The Kier molecular flexibility index (Phi) is 5.34. The molecule has 0 bridgehead atoms. The zero-order chi connectivity index (χ0) is 14.5. The highest BCUT2D eigenvalue weighted by Crippen LogP contribution is 2.29. The van der Waals surface area contributed by atoms with Crippen LogP contribution in [0.25, 0.3) is 11.4 Å². The number of hydrogen-bond donors (Lipinski definition) is 1. The predicted octanol–water partition coefficient (Wildman–Crippen LogP) is 4.14. The molecule has 0 aliphatic carbocycles. The van der Waals surface area contributed by atoms with Crippen LogP contribution >= 0.6 is 27.5 Å². The van der Waals surface area contributed by atoms with E-state index in [0.29, 0.717) is 17.5 Å². The fraction of sp³-hybridized carbons (Fsp3) is 0.286. The standard InChI is InChI=1S/C14H15BrClN3O/c1-3-17-13-7-10(8-20-2)18-14(19-13)11-5-4-9(15)6-12(11)16/h4-7H,3,8H2,1-2H3,(H,17,18,19). The van der Waals surface area contributed by atoms with Crippen LogP contribution in [0.15, 0.2) is 28.7 Å². The summed E-state index contributed by atoms with van der Waals surface area (Å²) in [6, 6.07) is 7.52. The summed E-state index contributed by atoms with van der Waals surface area (Å²) < 4.78 is 6.07. The summed E-state index contributed by atoms with van der Waals surface area (Å²) in [7, 11) is 1.64. The van der Waals surface area contributed by atoms with Crippen molar-refractivity contribution in [3.8, 4) is 11.4 Å². The summed E-state index contributed by atoms with van der Waals surface area (Å²) in [5.41, 5.74) is 1.61. The lowest BCUT2D eigenvalue weighted by molar-refractivity contribution is 0.181. The van der Waals surface area contributed by atoms with Crippen molar-refractivity contribution in [2.24, 2.45) is 0 Å². The van der Waals surface area contributed by atoms with Crippen LogP contribution in [0.2, 0.25) is 5.02 Å². The van der Waals surface area contributed by atoms with Crippen LogP contribution in [0.3, 0.4) is 0 Å². The highest BCUT2D eigenvalue weighted by Gasteiger charge is 2.10. The summed E-state index contributed by atoms with van der Waals surface area (Å²) in [5, 5.41) is 3.80. The minimum absolute atomic E-state index is 0.433. The van der Waals surface area contributed by atoms with Crippen molar-refractivity contribution < 1.29 is 4.74 Å². The SMILES string of the molecule is CCNc1cc(COC)nc(-c2ccc(Br)cc2Cl)n1. The van der Waals surface area contributed by atoms with Gasteiger partial charge in [-0.25, -0.2) is 9.97 Å². The zero-order valence-electron chi connectivity index (χ0n) is 11.3. The predicted molar refractivity (Wildman–Crippen MR) is 85.1 cm³/mol. The molecule has 0 atom stereocenters. The Balaban J connectivity index is 2.48. The third-order valence-electron chi connectivity index (χ3n) is 2.60. The Morgan fingerprint density at radius 1 is 1.30 bits per heavy atom. The molecule has 1 aromatic heterocycles. The van der Waals surface area contributed by atoms with Gasteiger partial charge in [-0.1, -0.05) is 27.5 Å². The van der Waals surface area contributed by atoms with E-state index in [1.54, 1.807) is 7.11 Å². The zero-order valence-corrected chi connectivity index (χ0v) is 13.6. The van der Waals surface area contributed by atoms with E-state index in [-0.39, 0.29) is 0 Å². The summed E-state index contributed by atoms with van der Waals surface area (Å²) in [4.78, 5) is 8.98. The van der Waals surface area contributed by atoms with Crippen LogP contribution in [-0.2, 0) is 11.3 Å². The second kappa shape index (κ2) is 7.02. The first-order valence-corrected chi connectivity index (χ1v) is 7.37. The maximum Gasteiger partial charge on any atom is 0.163 e. The highest BCUT2D eigenvalue weighted by atomic mass is 79.9. The lowest BCUT2D eigenvalue weighted by Gasteiger charge is -2.10. The van der Waals surface area contributed by atoms with Crippen LogP contribution < -0.4 is 5.32 Å². The topological polar surface area (TPSA) is 47.0 Å². The first kappa shape index (κ1) is 15.2. The van der Waals surface area contributed by atoms with Gasteiger partial charge in [-0.05, 0) is 25.1 Å². The molecule has 4 nitrogen and oxygen atoms in total. The molecule has 2 aromatic rings. The van der Waals surface area contributed by atoms with E-state index in [1.165, 1.54) is 0 Å². The Bertz CT molecular complexity index is 583. The number of rotatable bonds is 5. The molecule has 2 rings (SSSR count). The monoisotopic (exact) mass is 355 g/mol. The van der Waals surface area contributed by atoms with Crippen molar-refractivity contribution in [3.63, 3.8) is 0 Å². The van der Waals surface area contributed by atoms with Gasteiger partial charge in [0.05, 0.1) is 17.3 Å². The molecule has 0 fully saturated rings. The van der Waals surface area contributed by atoms with E-state index in [4.69, 9.17) is 16.3 Å². The third-order valence-corrected chi connectivity index (χ3v) is 3.41. The molecule has 0 saturated carbocycles. The van der Waals surface area contributed by atoms with Crippen LogP contribution in [0.1, 0.15) is 12.6 Å². The quantitative estimate of drug-likeness (QED) is 0.874. The Labute approximate surface area is 131 Å². The lowest BCUT2D eigenvalue weighted by Crippen LogP contribution is -2.05. The van der Waals surface area contributed by atoms with Crippen molar-refractivity contribution in [1.29, 1.82) is 0 Å². The van der Waals surface area contributed by atoms with E-state index in [9.17, 15) is 0 Å². The van der Waals surface area contributed by atoms with Crippen molar-refractivity contribution in [1.82, 2.24) is 9.97 Å².